The topological polar surface area (TPSA) is 67.4 Å². The summed E-state index contributed by atoms with van der Waals surface area (Å²) in [5, 5.41) is 6.59. The van der Waals surface area contributed by atoms with Crippen LogP contribution < -0.4 is 15.4 Å². The van der Waals surface area contributed by atoms with E-state index in [0.717, 1.165) is 37.8 Å². The van der Waals surface area contributed by atoms with Crippen LogP contribution in [0.2, 0.25) is 0 Å². The largest absolute Gasteiger partial charge is 0.427 e. The number of anilines is 1. The van der Waals surface area contributed by atoms with E-state index < -0.39 is 0 Å². The van der Waals surface area contributed by atoms with Crippen molar-refractivity contribution in [3.8, 4) is 5.75 Å². The van der Waals surface area contributed by atoms with E-state index in [1.165, 1.54) is 18.1 Å². The van der Waals surface area contributed by atoms with Crippen molar-refractivity contribution in [2.45, 2.75) is 64.5 Å². The Balaban J connectivity index is 1.50. The molecule has 1 aliphatic carbocycles. The van der Waals surface area contributed by atoms with Gasteiger partial charge in [0, 0.05) is 31.1 Å². The number of benzene rings is 2. The monoisotopic (exact) mass is 394 g/mol. The first-order chi connectivity index (χ1) is 14.0. The molecule has 0 heterocycles. The van der Waals surface area contributed by atoms with Crippen molar-refractivity contribution >= 4 is 17.6 Å². The lowest BCUT2D eigenvalue weighted by Gasteiger charge is -2.30. The lowest BCUT2D eigenvalue weighted by molar-refractivity contribution is -0.134. The number of carbonyl (C=O) groups is 2. The van der Waals surface area contributed by atoms with Gasteiger partial charge in [-0.3, -0.25) is 9.59 Å². The first kappa shape index (κ1) is 21.1. The molecule has 1 amide bonds. The fourth-order valence-electron chi connectivity index (χ4n) is 3.88. The highest BCUT2D eigenvalue weighted by molar-refractivity contribution is 5.88. The molecule has 3 rings (SSSR count). The Morgan fingerprint density at radius 2 is 1.93 bits per heavy atom. The number of amides is 1. The highest BCUT2D eigenvalue weighted by atomic mass is 16.5. The predicted molar refractivity (Wildman–Crippen MR) is 115 cm³/mol. The van der Waals surface area contributed by atoms with E-state index in [0.29, 0.717) is 18.2 Å². The maximum atomic E-state index is 12.1. The summed E-state index contributed by atoms with van der Waals surface area (Å²) in [6, 6.07) is 16.0. The van der Waals surface area contributed by atoms with Gasteiger partial charge in [0.1, 0.15) is 5.75 Å². The van der Waals surface area contributed by atoms with Crippen LogP contribution in [0.25, 0.3) is 0 Å². The van der Waals surface area contributed by atoms with E-state index in [4.69, 9.17) is 4.74 Å². The Labute approximate surface area is 172 Å². The predicted octanol–water partition coefficient (Wildman–Crippen LogP) is 4.26. The highest BCUT2D eigenvalue weighted by Crippen LogP contribution is 2.25. The van der Waals surface area contributed by atoms with E-state index in [1.807, 2.05) is 24.3 Å². The molecule has 29 heavy (non-hydrogen) atoms. The summed E-state index contributed by atoms with van der Waals surface area (Å²) in [6.07, 6.45) is 5.17. The number of rotatable bonds is 8. The number of nitrogens with one attached hydrogen (secondary N) is 2. The highest BCUT2D eigenvalue weighted by Gasteiger charge is 2.22. The van der Waals surface area contributed by atoms with Gasteiger partial charge in [-0.05, 0) is 67.5 Å². The van der Waals surface area contributed by atoms with Crippen LogP contribution >= 0.6 is 0 Å². The summed E-state index contributed by atoms with van der Waals surface area (Å²) in [7, 11) is 0. The minimum absolute atomic E-state index is 0.0520. The fraction of sp³-hybridized carbons (Fsp3) is 0.417. The van der Waals surface area contributed by atoms with Gasteiger partial charge in [0.15, 0.2) is 0 Å². The Hall–Kier alpha value is -2.66. The molecular formula is C24H30N2O3. The van der Waals surface area contributed by atoms with Crippen LogP contribution in [0, 0.1) is 0 Å². The van der Waals surface area contributed by atoms with Gasteiger partial charge in [0.05, 0.1) is 0 Å². The fourth-order valence-corrected chi connectivity index (χ4v) is 3.88. The lowest BCUT2D eigenvalue weighted by Crippen LogP contribution is -2.41. The molecule has 0 aliphatic heterocycles. The van der Waals surface area contributed by atoms with Gasteiger partial charge >= 0.3 is 5.97 Å². The standard InChI is InChI=1S/C24H30N2O3/c1-3-20(13-14-24(28)29-23-7-5-4-6-8-23)26-22-12-10-18-9-11-21(25-17(2)27)15-19(18)16-22/h4-9,11,15,20,22,26H,3,10,12-14,16H2,1-2H3,(H,25,27). The summed E-state index contributed by atoms with van der Waals surface area (Å²) in [6.45, 7) is 3.67. The van der Waals surface area contributed by atoms with E-state index in [9.17, 15) is 9.59 Å². The molecule has 0 aromatic heterocycles. The molecule has 2 aromatic rings. The van der Waals surface area contributed by atoms with Crippen molar-refractivity contribution in [3.05, 3.63) is 59.7 Å². The van der Waals surface area contributed by atoms with Crippen molar-refractivity contribution < 1.29 is 14.3 Å². The summed E-state index contributed by atoms with van der Waals surface area (Å²) in [4.78, 5) is 23.4. The molecule has 0 bridgehead atoms. The lowest BCUT2D eigenvalue weighted by atomic mass is 9.87. The molecule has 154 valence electrons. The number of hydrogen-bond donors (Lipinski definition) is 2. The molecule has 0 fully saturated rings. The average molecular weight is 395 g/mol. The van der Waals surface area contributed by atoms with Gasteiger partial charge in [-0.25, -0.2) is 0 Å². The van der Waals surface area contributed by atoms with Gasteiger partial charge in [0.25, 0.3) is 0 Å². The summed E-state index contributed by atoms with van der Waals surface area (Å²) >= 11 is 0. The van der Waals surface area contributed by atoms with Crippen LogP contribution in [-0.2, 0) is 22.4 Å². The van der Waals surface area contributed by atoms with Crippen LogP contribution in [0.4, 0.5) is 5.69 Å². The first-order valence-electron chi connectivity index (χ1n) is 10.4. The third kappa shape index (κ3) is 6.43. The molecular weight excluding hydrogens is 364 g/mol. The van der Waals surface area contributed by atoms with Gasteiger partial charge < -0.3 is 15.4 Å². The molecule has 0 radical (unpaired) electrons. The van der Waals surface area contributed by atoms with Crippen molar-refractivity contribution in [3.63, 3.8) is 0 Å². The number of esters is 1. The Bertz CT molecular complexity index is 835. The zero-order valence-corrected chi connectivity index (χ0v) is 17.2. The zero-order chi connectivity index (χ0) is 20.6. The number of carbonyl (C=O) groups excluding carboxylic acids is 2. The molecule has 0 saturated heterocycles. The van der Waals surface area contributed by atoms with Crippen LogP contribution in [0.3, 0.4) is 0 Å². The van der Waals surface area contributed by atoms with E-state index >= 15 is 0 Å². The Morgan fingerprint density at radius 3 is 2.66 bits per heavy atom. The summed E-state index contributed by atoms with van der Waals surface area (Å²) in [5.41, 5.74) is 3.50. The molecule has 0 spiro atoms. The normalized spacial score (nSPS) is 16.6. The molecule has 1 aliphatic rings. The van der Waals surface area contributed by atoms with Crippen LogP contribution in [0.1, 0.15) is 50.7 Å². The SMILES string of the molecule is CCC(CCC(=O)Oc1ccccc1)NC1CCc2ccc(NC(C)=O)cc2C1. The maximum absolute atomic E-state index is 12.1. The quantitative estimate of drug-likeness (QED) is 0.519. The minimum Gasteiger partial charge on any atom is -0.427 e. The van der Waals surface area contributed by atoms with Crippen molar-refractivity contribution in [1.29, 1.82) is 0 Å². The summed E-state index contributed by atoms with van der Waals surface area (Å²) < 4.78 is 5.39. The molecule has 2 unspecified atom stereocenters. The molecule has 5 nitrogen and oxygen atoms in total. The van der Waals surface area contributed by atoms with Gasteiger partial charge in [-0.2, -0.15) is 0 Å². The zero-order valence-electron chi connectivity index (χ0n) is 17.2. The second-order valence-electron chi connectivity index (χ2n) is 7.70. The van der Waals surface area contributed by atoms with E-state index in [2.05, 4.69) is 29.7 Å². The molecule has 2 N–H and O–H groups in total. The number of hydrogen-bond acceptors (Lipinski definition) is 4. The van der Waals surface area contributed by atoms with E-state index in [-0.39, 0.29) is 17.9 Å². The average Bonchev–Trinajstić information content (AvgIpc) is 2.71. The van der Waals surface area contributed by atoms with Gasteiger partial charge in [-0.15, -0.1) is 0 Å². The Morgan fingerprint density at radius 1 is 1.14 bits per heavy atom. The molecule has 2 atom stereocenters. The van der Waals surface area contributed by atoms with Crippen LogP contribution in [0.5, 0.6) is 5.75 Å². The smallest absolute Gasteiger partial charge is 0.311 e. The first-order valence-corrected chi connectivity index (χ1v) is 10.4. The van der Waals surface area contributed by atoms with E-state index in [1.54, 1.807) is 12.1 Å². The third-order valence-electron chi connectivity index (χ3n) is 5.39. The van der Waals surface area contributed by atoms with Gasteiger partial charge in [0.2, 0.25) is 5.91 Å². The molecule has 0 saturated carbocycles. The van der Waals surface area contributed by atoms with Crippen molar-refractivity contribution in [1.82, 2.24) is 5.32 Å². The number of ether oxygens (including phenoxy) is 1. The number of para-hydroxylation sites is 1. The second kappa shape index (κ2) is 10.2. The van der Waals surface area contributed by atoms with Crippen LogP contribution in [-0.4, -0.2) is 24.0 Å². The van der Waals surface area contributed by atoms with Gasteiger partial charge in [-0.1, -0.05) is 31.2 Å². The van der Waals surface area contributed by atoms with Crippen LogP contribution in [0.15, 0.2) is 48.5 Å². The molecule has 5 heteroatoms. The van der Waals surface area contributed by atoms with Crippen molar-refractivity contribution in [2.24, 2.45) is 0 Å². The Kier molecular flexibility index (Phi) is 7.42. The minimum atomic E-state index is -0.189. The number of fused-ring (bicyclic) bond motifs is 1. The van der Waals surface area contributed by atoms with Crippen molar-refractivity contribution in [2.75, 3.05) is 5.32 Å². The third-order valence-corrected chi connectivity index (χ3v) is 5.39. The molecule has 2 aromatic carbocycles. The number of aryl methyl sites for hydroxylation is 1. The second-order valence-corrected chi connectivity index (χ2v) is 7.70. The summed E-state index contributed by atoms with van der Waals surface area (Å²) in [5.74, 6) is 0.353. The maximum Gasteiger partial charge on any atom is 0.311 e.